The van der Waals surface area contributed by atoms with Gasteiger partial charge in [0.25, 0.3) is 0 Å². The van der Waals surface area contributed by atoms with Crippen molar-refractivity contribution in [3.63, 3.8) is 0 Å². The molecule has 2 atom stereocenters. The summed E-state index contributed by atoms with van der Waals surface area (Å²) in [4.78, 5) is 44.6. The van der Waals surface area contributed by atoms with E-state index in [2.05, 4.69) is 15.5 Å². The molecule has 210 valence electrons. The minimum Gasteiger partial charge on any atom is -0.497 e. The molecule has 1 saturated heterocycles. The molecule has 0 spiro atoms. The fourth-order valence-electron chi connectivity index (χ4n) is 4.73. The number of amides is 4. The molecule has 0 radical (unpaired) electrons. The number of carbonyl (C=O) groups is 3. The Kier molecular flexibility index (Phi) is 9.14. The van der Waals surface area contributed by atoms with Crippen molar-refractivity contribution in [2.45, 2.75) is 52.2 Å². The lowest BCUT2D eigenvalue weighted by molar-refractivity contribution is -0.139. The smallest absolute Gasteiger partial charge is 0.338 e. The summed E-state index contributed by atoms with van der Waals surface area (Å²) < 4.78 is 16.3. The first kappa shape index (κ1) is 29.1. The number of esters is 1. The van der Waals surface area contributed by atoms with E-state index < -0.39 is 12.0 Å². The Balaban J connectivity index is 1.95. The number of ether oxygens (including phenoxy) is 3. The molecule has 4 amide bonds. The van der Waals surface area contributed by atoms with Gasteiger partial charge in [0.1, 0.15) is 11.5 Å². The number of piperazine rings is 1. The van der Waals surface area contributed by atoms with Crippen molar-refractivity contribution in [2.75, 3.05) is 54.1 Å². The minimum atomic E-state index is -0.756. The van der Waals surface area contributed by atoms with E-state index in [1.54, 1.807) is 46.4 Å². The first-order valence-corrected chi connectivity index (χ1v) is 12.9. The SMILES string of the molecule is CCOC(=O)C1=C(CN2CCN(C(=O)NC(C)(C)C)[C@H](C)C2)N(C)C(=O)N[C@@H]1c1cc(OC)cc(OC)c1. The summed E-state index contributed by atoms with van der Waals surface area (Å²) >= 11 is 0. The molecule has 3 rings (SSSR count). The molecular weight excluding hydrogens is 490 g/mol. The van der Waals surface area contributed by atoms with Crippen molar-refractivity contribution < 1.29 is 28.6 Å². The van der Waals surface area contributed by atoms with E-state index in [1.165, 1.54) is 4.90 Å². The molecule has 1 aromatic rings. The Labute approximate surface area is 225 Å². The molecule has 2 heterocycles. The van der Waals surface area contributed by atoms with Crippen molar-refractivity contribution >= 4 is 18.0 Å². The van der Waals surface area contributed by atoms with Gasteiger partial charge in [0.05, 0.1) is 32.4 Å². The van der Waals surface area contributed by atoms with Crippen LogP contribution >= 0.6 is 0 Å². The second-order valence-electron chi connectivity index (χ2n) is 10.6. The molecule has 2 aliphatic heterocycles. The number of carbonyl (C=O) groups excluding carboxylic acids is 3. The lowest BCUT2D eigenvalue weighted by Crippen LogP contribution is -2.59. The number of hydrogen-bond acceptors (Lipinski definition) is 7. The quantitative estimate of drug-likeness (QED) is 0.520. The summed E-state index contributed by atoms with van der Waals surface area (Å²) in [5.74, 6) is 0.573. The summed E-state index contributed by atoms with van der Waals surface area (Å²) in [7, 11) is 4.73. The zero-order valence-electron chi connectivity index (χ0n) is 23.7. The summed E-state index contributed by atoms with van der Waals surface area (Å²) in [6.45, 7) is 11.8. The first-order chi connectivity index (χ1) is 17.9. The van der Waals surface area contributed by atoms with E-state index in [0.717, 1.165) is 0 Å². The molecule has 2 aliphatic rings. The number of methoxy groups -OCH3 is 2. The van der Waals surface area contributed by atoms with Gasteiger partial charge in [-0.3, -0.25) is 9.80 Å². The Morgan fingerprint density at radius 2 is 1.74 bits per heavy atom. The predicted octanol–water partition coefficient (Wildman–Crippen LogP) is 2.73. The highest BCUT2D eigenvalue weighted by molar-refractivity contribution is 5.95. The predicted molar refractivity (Wildman–Crippen MR) is 143 cm³/mol. The topological polar surface area (TPSA) is 113 Å². The number of nitrogens with one attached hydrogen (secondary N) is 2. The maximum Gasteiger partial charge on any atom is 0.338 e. The lowest BCUT2D eigenvalue weighted by atomic mass is 9.93. The van der Waals surface area contributed by atoms with Crippen LogP contribution in [0.25, 0.3) is 0 Å². The number of nitrogens with zero attached hydrogens (tertiary/aromatic N) is 3. The lowest BCUT2D eigenvalue weighted by Gasteiger charge is -2.43. The standard InChI is InChI=1S/C27H41N5O6/c1-9-38-24(33)22-21(16-31-10-11-32(17(2)15-31)26(35)29-27(3,4)5)30(6)25(34)28-23(22)18-12-19(36-7)14-20(13-18)37-8/h12-14,17,23H,9-11,15-16H2,1-8H3,(H,28,34)(H,29,35)/t17-,23-/m1/s1. The maximum atomic E-state index is 13.3. The fraction of sp³-hybridized carbons (Fsp3) is 0.593. The average molecular weight is 532 g/mol. The second kappa shape index (κ2) is 11.9. The number of rotatable bonds is 7. The van der Waals surface area contributed by atoms with Crippen molar-refractivity contribution in [1.82, 2.24) is 25.3 Å². The molecule has 38 heavy (non-hydrogen) atoms. The van der Waals surface area contributed by atoms with Crippen LogP contribution in [-0.4, -0.2) is 98.4 Å². The zero-order chi connectivity index (χ0) is 28.2. The monoisotopic (exact) mass is 531 g/mol. The van der Waals surface area contributed by atoms with Gasteiger partial charge >= 0.3 is 18.0 Å². The van der Waals surface area contributed by atoms with Gasteiger partial charge in [-0.05, 0) is 52.3 Å². The molecule has 2 N–H and O–H groups in total. The van der Waals surface area contributed by atoms with Gasteiger partial charge in [-0.2, -0.15) is 0 Å². The highest BCUT2D eigenvalue weighted by Gasteiger charge is 2.39. The second-order valence-corrected chi connectivity index (χ2v) is 10.6. The van der Waals surface area contributed by atoms with Crippen LogP contribution in [0.4, 0.5) is 9.59 Å². The van der Waals surface area contributed by atoms with Crippen molar-refractivity contribution in [1.29, 1.82) is 0 Å². The number of hydrogen-bond donors (Lipinski definition) is 2. The fourth-order valence-corrected chi connectivity index (χ4v) is 4.73. The Morgan fingerprint density at radius 1 is 1.11 bits per heavy atom. The van der Waals surface area contributed by atoms with E-state index in [9.17, 15) is 14.4 Å². The Morgan fingerprint density at radius 3 is 2.26 bits per heavy atom. The molecule has 0 unspecified atom stereocenters. The van der Waals surface area contributed by atoms with Gasteiger partial charge in [0.15, 0.2) is 0 Å². The molecule has 0 saturated carbocycles. The molecule has 11 nitrogen and oxygen atoms in total. The van der Waals surface area contributed by atoms with Crippen molar-refractivity contribution in [3.8, 4) is 11.5 Å². The summed E-state index contributed by atoms with van der Waals surface area (Å²) in [5.41, 5.74) is 1.22. The molecule has 1 fully saturated rings. The average Bonchev–Trinajstić information content (AvgIpc) is 2.85. The van der Waals surface area contributed by atoms with Crippen molar-refractivity contribution in [2.24, 2.45) is 0 Å². The van der Waals surface area contributed by atoms with E-state index in [0.29, 0.717) is 54.5 Å². The Bertz CT molecular complexity index is 1060. The van der Waals surface area contributed by atoms with Gasteiger partial charge in [-0.15, -0.1) is 0 Å². The van der Waals surface area contributed by atoms with Crippen LogP contribution in [0.2, 0.25) is 0 Å². The van der Waals surface area contributed by atoms with Gasteiger partial charge in [0, 0.05) is 56.6 Å². The number of urea groups is 2. The van der Waals surface area contributed by atoms with Crippen LogP contribution in [-0.2, 0) is 9.53 Å². The van der Waals surface area contributed by atoms with E-state index in [-0.39, 0.29) is 30.2 Å². The summed E-state index contributed by atoms with van der Waals surface area (Å²) in [6, 6.07) is 4.01. The molecular formula is C27H41N5O6. The number of likely N-dealkylation sites (N-methyl/N-ethyl adjacent to an activating group) is 1. The highest BCUT2D eigenvalue weighted by atomic mass is 16.5. The van der Waals surface area contributed by atoms with Crippen LogP contribution in [0.5, 0.6) is 11.5 Å². The highest BCUT2D eigenvalue weighted by Crippen LogP contribution is 2.35. The third-order valence-corrected chi connectivity index (χ3v) is 6.61. The van der Waals surface area contributed by atoms with Gasteiger partial charge in [0.2, 0.25) is 0 Å². The first-order valence-electron chi connectivity index (χ1n) is 12.9. The Hall–Kier alpha value is -3.47. The minimum absolute atomic E-state index is 0.0566. The molecule has 0 aromatic heterocycles. The van der Waals surface area contributed by atoms with E-state index in [4.69, 9.17) is 14.2 Å². The van der Waals surface area contributed by atoms with E-state index >= 15 is 0 Å². The third-order valence-electron chi connectivity index (χ3n) is 6.61. The molecule has 0 aliphatic carbocycles. The molecule has 0 bridgehead atoms. The molecule has 11 heteroatoms. The van der Waals surface area contributed by atoms with Crippen LogP contribution < -0.4 is 20.1 Å². The molecule has 1 aromatic carbocycles. The van der Waals surface area contributed by atoms with Gasteiger partial charge < -0.3 is 29.7 Å². The largest absolute Gasteiger partial charge is 0.497 e. The van der Waals surface area contributed by atoms with Crippen LogP contribution in [0.15, 0.2) is 29.5 Å². The van der Waals surface area contributed by atoms with E-state index in [1.807, 2.05) is 32.6 Å². The summed E-state index contributed by atoms with van der Waals surface area (Å²) in [5, 5.41) is 5.95. The zero-order valence-corrected chi connectivity index (χ0v) is 23.7. The third kappa shape index (κ3) is 6.69. The maximum absolute atomic E-state index is 13.3. The van der Waals surface area contributed by atoms with Crippen molar-refractivity contribution in [3.05, 3.63) is 35.0 Å². The van der Waals surface area contributed by atoms with Crippen LogP contribution in [0, 0.1) is 0 Å². The van der Waals surface area contributed by atoms with Gasteiger partial charge in [-0.1, -0.05) is 0 Å². The summed E-state index contributed by atoms with van der Waals surface area (Å²) in [6.07, 6.45) is 0. The normalized spacial score (nSPS) is 20.7. The van der Waals surface area contributed by atoms with Gasteiger partial charge in [-0.25, -0.2) is 14.4 Å². The van der Waals surface area contributed by atoms with Crippen LogP contribution in [0.1, 0.15) is 46.2 Å². The van der Waals surface area contributed by atoms with Crippen LogP contribution in [0.3, 0.4) is 0 Å². The number of benzene rings is 1.